The average Bonchev–Trinajstić information content (AvgIpc) is 2.81. The highest BCUT2D eigenvalue weighted by molar-refractivity contribution is 5.95. The van der Waals surface area contributed by atoms with Crippen molar-refractivity contribution in [3.8, 4) is 0 Å². The zero-order valence-electron chi connectivity index (χ0n) is 19.0. The number of hydrogen-bond acceptors (Lipinski definition) is 6. The van der Waals surface area contributed by atoms with Crippen LogP contribution in [0.1, 0.15) is 57.9 Å². The summed E-state index contributed by atoms with van der Waals surface area (Å²) in [6, 6.07) is 10.1. The van der Waals surface area contributed by atoms with Crippen LogP contribution < -0.4 is 16.4 Å². The fourth-order valence-corrected chi connectivity index (χ4v) is 3.38. The SMILES string of the molecule is C=NN1C(=NCc2ccccc2)C=C(NC(CO)CCCCCCN)N/C1=C(/C)CC. The summed E-state index contributed by atoms with van der Waals surface area (Å²) in [5.74, 6) is 2.38. The number of benzene rings is 1. The summed E-state index contributed by atoms with van der Waals surface area (Å²) in [7, 11) is 0. The number of nitrogens with two attached hydrogens (primary N) is 1. The number of nitrogens with zero attached hydrogens (tertiary/aromatic N) is 3. The van der Waals surface area contributed by atoms with Crippen LogP contribution in [0.15, 0.2) is 63.7 Å². The number of hydrazone groups is 1. The van der Waals surface area contributed by atoms with Crippen LogP contribution in [0.3, 0.4) is 0 Å². The molecule has 7 nitrogen and oxygen atoms in total. The highest BCUT2D eigenvalue weighted by Gasteiger charge is 2.23. The van der Waals surface area contributed by atoms with Gasteiger partial charge in [0.2, 0.25) is 0 Å². The van der Waals surface area contributed by atoms with Gasteiger partial charge in [-0.2, -0.15) is 10.1 Å². The van der Waals surface area contributed by atoms with Crippen LogP contribution >= 0.6 is 0 Å². The molecule has 0 bridgehead atoms. The summed E-state index contributed by atoms with van der Waals surface area (Å²) in [5.41, 5.74) is 7.84. The van der Waals surface area contributed by atoms with Crippen molar-refractivity contribution < 1.29 is 5.11 Å². The Morgan fingerprint density at radius 2 is 1.97 bits per heavy atom. The third-order valence-corrected chi connectivity index (χ3v) is 5.38. The van der Waals surface area contributed by atoms with Gasteiger partial charge in [0, 0.05) is 12.8 Å². The van der Waals surface area contributed by atoms with E-state index >= 15 is 0 Å². The van der Waals surface area contributed by atoms with Crippen molar-refractivity contribution in [2.45, 2.75) is 65.0 Å². The van der Waals surface area contributed by atoms with Gasteiger partial charge in [0.05, 0.1) is 19.2 Å². The third-order valence-electron chi connectivity index (χ3n) is 5.38. The Labute approximate surface area is 186 Å². The summed E-state index contributed by atoms with van der Waals surface area (Å²) < 4.78 is 0. The van der Waals surface area contributed by atoms with Crippen molar-refractivity contribution >= 4 is 12.6 Å². The normalized spacial score (nSPS) is 17.7. The molecule has 1 unspecified atom stereocenters. The largest absolute Gasteiger partial charge is 0.394 e. The number of amidine groups is 1. The van der Waals surface area contributed by atoms with Gasteiger partial charge < -0.3 is 21.5 Å². The lowest BCUT2D eigenvalue weighted by molar-refractivity contribution is 0.238. The number of aliphatic hydroxyl groups is 1. The molecule has 5 N–H and O–H groups in total. The van der Waals surface area contributed by atoms with E-state index in [0.29, 0.717) is 12.4 Å². The molecule has 0 radical (unpaired) electrons. The molecular formula is C24H38N6O. The second-order valence-electron chi connectivity index (χ2n) is 7.79. The van der Waals surface area contributed by atoms with Crippen molar-refractivity contribution in [1.82, 2.24) is 15.6 Å². The van der Waals surface area contributed by atoms with Crippen LogP contribution in [-0.4, -0.2) is 41.9 Å². The molecule has 1 aliphatic heterocycles. The van der Waals surface area contributed by atoms with Gasteiger partial charge in [0.25, 0.3) is 0 Å². The number of aliphatic imine (C=N–C) groups is 1. The Bertz CT molecular complexity index is 772. The van der Waals surface area contributed by atoms with E-state index in [9.17, 15) is 5.11 Å². The topological polar surface area (TPSA) is 98.3 Å². The quantitative estimate of drug-likeness (QED) is 0.286. The van der Waals surface area contributed by atoms with E-state index in [-0.39, 0.29) is 12.6 Å². The molecule has 0 aliphatic carbocycles. The number of nitrogens with one attached hydrogen (secondary N) is 2. The molecule has 1 aliphatic rings. The van der Waals surface area contributed by atoms with Gasteiger partial charge in [-0.3, -0.25) is 4.99 Å². The number of aliphatic hydroxyl groups excluding tert-OH is 1. The second-order valence-corrected chi connectivity index (χ2v) is 7.79. The lowest BCUT2D eigenvalue weighted by Crippen LogP contribution is -2.45. The van der Waals surface area contributed by atoms with Gasteiger partial charge >= 0.3 is 0 Å². The number of hydrogen-bond donors (Lipinski definition) is 4. The van der Waals surface area contributed by atoms with Gasteiger partial charge in [-0.15, -0.1) is 0 Å². The lowest BCUT2D eigenvalue weighted by atomic mass is 10.1. The Kier molecular flexibility index (Phi) is 10.8. The molecule has 1 atom stereocenters. The van der Waals surface area contributed by atoms with Gasteiger partial charge in [0.15, 0.2) is 5.84 Å². The van der Waals surface area contributed by atoms with E-state index in [4.69, 9.17) is 10.7 Å². The highest BCUT2D eigenvalue weighted by Crippen LogP contribution is 2.19. The van der Waals surface area contributed by atoms with E-state index in [2.05, 4.69) is 48.4 Å². The molecule has 0 saturated carbocycles. The van der Waals surface area contributed by atoms with E-state index in [1.54, 1.807) is 5.01 Å². The maximum atomic E-state index is 9.88. The smallest absolute Gasteiger partial charge is 0.155 e. The predicted octanol–water partition coefficient (Wildman–Crippen LogP) is 3.45. The minimum Gasteiger partial charge on any atom is -0.394 e. The summed E-state index contributed by atoms with van der Waals surface area (Å²) in [5, 5.41) is 22.7. The number of rotatable bonds is 13. The van der Waals surface area contributed by atoms with E-state index in [0.717, 1.165) is 67.8 Å². The zero-order valence-corrected chi connectivity index (χ0v) is 19.0. The van der Waals surface area contributed by atoms with E-state index in [1.165, 1.54) is 0 Å². The zero-order chi connectivity index (χ0) is 22.5. The van der Waals surface area contributed by atoms with E-state index < -0.39 is 0 Å². The van der Waals surface area contributed by atoms with Crippen LogP contribution in [0.2, 0.25) is 0 Å². The minimum absolute atomic E-state index is 0.0292. The summed E-state index contributed by atoms with van der Waals surface area (Å²) in [6.45, 7) is 9.28. The Morgan fingerprint density at radius 1 is 1.23 bits per heavy atom. The first kappa shape index (κ1) is 24.6. The lowest BCUT2D eigenvalue weighted by Gasteiger charge is -2.32. The van der Waals surface area contributed by atoms with Crippen molar-refractivity contribution in [1.29, 1.82) is 0 Å². The van der Waals surface area contributed by atoms with Gasteiger partial charge in [-0.05, 0) is 43.9 Å². The molecule has 0 amide bonds. The highest BCUT2D eigenvalue weighted by atomic mass is 16.3. The Morgan fingerprint density at radius 3 is 2.61 bits per heavy atom. The predicted molar refractivity (Wildman–Crippen MR) is 129 cm³/mol. The average molecular weight is 427 g/mol. The van der Waals surface area contributed by atoms with Gasteiger partial charge in [-0.25, -0.2) is 0 Å². The Balaban J connectivity index is 2.19. The first-order chi connectivity index (χ1) is 15.1. The molecule has 1 aromatic carbocycles. The maximum Gasteiger partial charge on any atom is 0.155 e. The molecule has 0 aromatic heterocycles. The molecule has 0 saturated heterocycles. The molecule has 0 spiro atoms. The van der Waals surface area contributed by atoms with Crippen molar-refractivity contribution in [3.63, 3.8) is 0 Å². The summed E-state index contributed by atoms with van der Waals surface area (Å²) in [4.78, 5) is 4.80. The van der Waals surface area contributed by atoms with Crippen LogP contribution in [0.5, 0.6) is 0 Å². The Hall–Kier alpha value is -2.64. The molecule has 170 valence electrons. The standard InChI is InChI=1S/C24H38N6O/c1-4-19(2)24-29-22(28-21(18-31)14-10-5-6-11-15-25)16-23(30(24)26-3)27-17-20-12-8-7-9-13-20/h7-9,12-13,16,21,28-29,31H,3-6,10-11,14-15,17-18,25H2,1-2H3/b24-19+,27-23?. The maximum absolute atomic E-state index is 9.88. The minimum atomic E-state index is -0.0292. The van der Waals surface area contributed by atoms with E-state index in [1.807, 2.05) is 24.3 Å². The first-order valence-corrected chi connectivity index (χ1v) is 11.2. The second kappa shape index (κ2) is 13.6. The summed E-state index contributed by atoms with van der Waals surface area (Å²) >= 11 is 0. The van der Waals surface area contributed by atoms with Crippen molar-refractivity contribution in [2.75, 3.05) is 13.2 Å². The monoisotopic (exact) mass is 426 g/mol. The molecule has 2 rings (SSSR count). The number of unbranched alkanes of at least 4 members (excludes halogenated alkanes) is 3. The molecule has 0 fully saturated rings. The molecule has 7 heteroatoms. The molecular weight excluding hydrogens is 388 g/mol. The molecule has 31 heavy (non-hydrogen) atoms. The fourth-order valence-electron chi connectivity index (χ4n) is 3.38. The molecule has 1 heterocycles. The van der Waals surface area contributed by atoms with Crippen molar-refractivity contribution in [3.05, 3.63) is 59.2 Å². The fraction of sp³-hybridized carbons (Fsp3) is 0.500. The summed E-state index contributed by atoms with van der Waals surface area (Å²) in [6.07, 6.45) is 8.07. The van der Waals surface area contributed by atoms with Gasteiger partial charge in [-0.1, -0.05) is 56.5 Å². The van der Waals surface area contributed by atoms with Crippen LogP contribution in [0, 0.1) is 0 Å². The third kappa shape index (κ3) is 7.84. The molecule has 1 aromatic rings. The first-order valence-electron chi connectivity index (χ1n) is 11.2. The van der Waals surface area contributed by atoms with Crippen molar-refractivity contribution in [2.24, 2.45) is 15.8 Å². The van der Waals surface area contributed by atoms with Gasteiger partial charge in [0.1, 0.15) is 11.6 Å². The van der Waals surface area contributed by atoms with Crippen LogP contribution in [0.4, 0.5) is 0 Å². The van der Waals surface area contributed by atoms with Crippen LogP contribution in [0.25, 0.3) is 0 Å². The number of allylic oxidation sites excluding steroid dienone is 1. The van der Waals surface area contributed by atoms with Crippen LogP contribution in [-0.2, 0) is 6.54 Å².